The SMILES string of the molecule is CC[N+](C)(C)CC[N+](C)(C)CCCCCCCCCCCCCCOc1ccccc1.[Cl-].[Cl-]. The number of hydrogen-bond donors (Lipinski definition) is 0. The van der Waals surface area contributed by atoms with E-state index in [0.29, 0.717) is 0 Å². The number of rotatable bonds is 20. The molecule has 1 aromatic rings. The van der Waals surface area contributed by atoms with Crippen LogP contribution in [0.5, 0.6) is 5.75 Å². The molecule has 0 atom stereocenters. The minimum Gasteiger partial charge on any atom is -1.00 e. The lowest BCUT2D eigenvalue weighted by Gasteiger charge is -2.35. The highest BCUT2D eigenvalue weighted by atomic mass is 35.5. The highest BCUT2D eigenvalue weighted by Crippen LogP contribution is 2.14. The molecular formula is C28H54Cl2N2O. The summed E-state index contributed by atoms with van der Waals surface area (Å²) in [6.07, 6.45) is 16.6. The van der Waals surface area contributed by atoms with Gasteiger partial charge in [-0.05, 0) is 38.3 Å². The van der Waals surface area contributed by atoms with Gasteiger partial charge in [-0.3, -0.25) is 0 Å². The van der Waals surface area contributed by atoms with E-state index in [0.717, 1.165) is 16.8 Å². The Bertz CT molecular complexity index is 538. The van der Waals surface area contributed by atoms with Gasteiger partial charge < -0.3 is 38.5 Å². The quantitative estimate of drug-likeness (QED) is 0.189. The molecule has 33 heavy (non-hydrogen) atoms. The monoisotopic (exact) mass is 504 g/mol. The van der Waals surface area contributed by atoms with E-state index in [2.05, 4.69) is 35.1 Å². The second-order valence-electron chi connectivity index (χ2n) is 10.8. The largest absolute Gasteiger partial charge is 1.00 e. The molecule has 0 radical (unpaired) electrons. The molecule has 0 heterocycles. The van der Waals surface area contributed by atoms with Crippen LogP contribution in [0.25, 0.3) is 0 Å². The summed E-state index contributed by atoms with van der Waals surface area (Å²) in [7, 11) is 9.52. The summed E-state index contributed by atoms with van der Waals surface area (Å²) >= 11 is 0. The number of unbranched alkanes of at least 4 members (excludes halogenated alkanes) is 11. The molecule has 0 saturated carbocycles. The maximum atomic E-state index is 5.75. The third-order valence-corrected chi connectivity index (χ3v) is 6.84. The van der Waals surface area contributed by atoms with Crippen molar-refractivity contribution in [2.45, 2.75) is 84.0 Å². The van der Waals surface area contributed by atoms with Crippen LogP contribution in [-0.2, 0) is 0 Å². The van der Waals surface area contributed by atoms with Crippen LogP contribution in [0.2, 0.25) is 0 Å². The Morgan fingerprint density at radius 3 is 1.45 bits per heavy atom. The second kappa shape index (κ2) is 20.9. The van der Waals surface area contributed by atoms with Crippen molar-refractivity contribution < 1.29 is 38.5 Å². The fourth-order valence-electron chi connectivity index (χ4n) is 3.93. The van der Waals surface area contributed by atoms with Gasteiger partial charge in [0.25, 0.3) is 0 Å². The highest BCUT2D eigenvalue weighted by Gasteiger charge is 2.20. The lowest BCUT2D eigenvalue weighted by molar-refractivity contribution is -0.945. The van der Waals surface area contributed by atoms with E-state index in [1.807, 2.05) is 30.3 Å². The first-order valence-electron chi connectivity index (χ1n) is 13.2. The van der Waals surface area contributed by atoms with Crippen LogP contribution in [0.3, 0.4) is 0 Å². The third-order valence-electron chi connectivity index (χ3n) is 6.84. The van der Waals surface area contributed by atoms with E-state index < -0.39 is 0 Å². The molecule has 0 aliphatic rings. The van der Waals surface area contributed by atoms with Crippen molar-refractivity contribution in [3.8, 4) is 5.75 Å². The van der Waals surface area contributed by atoms with Crippen LogP contribution < -0.4 is 29.6 Å². The summed E-state index contributed by atoms with van der Waals surface area (Å²) in [5.74, 6) is 1.00. The highest BCUT2D eigenvalue weighted by molar-refractivity contribution is 5.20. The fourth-order valence-corrected chi connectivity index (χ4v) is 3.93. The maximum absolute atomic E-state index is 5.75. The van der Waals surface area contributed by atoms with Gasteiger partial charge in [0.15, 0.2) is 0 Å². The van der Waals surface area contributed by atoms with E-state index in [-0.39, 0.29) is 24.8 Å². The number of para-hydroxylation sites is 1. The van der Waals surface area contributed by atoms with Gasteiger partial charge in [-0.25, -0.2) is 0 Å². The van der Waals surface area contributed by atoms with E-state index >= 15 is 0 Å². The van der Waals surface area contributed by atoms with Gasteiger partial charge in [0.1, 0.15) is 18.8 Å². The average molecular weight is 506 g/mol. The van der Waals surface area contributed by atoms with Gasteiger partial charge in [-0.1, -0.05) is 76.0 Å². The van der Waals surface area contributed by atoms with Crippen LogP contribution in [-0.4, -0.2) is 69.9 Å². The van der Waals surface area contributed by atoms with Gasteiger partial charge in [0, 0.05) is 0 Å². The number of hydrogen-bond acceptors (Lipinski definition) is 1. The summed E-state index contributed by atoms with van der Waals surface area (Å²) < 4.78 is 8.08. The third kappa shape index (κ3) is 20.6. The van der Waals surface area contributed by atoms with Crippen molar-refractivity contribution in [2.24, 2.45) is 0 Å². The van der Waals surface area contributed by atoms with Crippen LogP contribution >= 0.6 is 0 Å². The topological polar surface area (TPSA) is 9.23 Å². The first-order valence-corrected chi connectivity index (χ1v) is 13.2. The minimum atomic E-state index is 0. The van der Waals surface area contributed by atoms with Crippen molar-refractivity contribution in [3.05, 3.63) is 30.3 Å². The van der Waals surface area contributed by atoms with E-state index in [4.69, 9.17) is 4.74 Å². The molecule has 0 bridgehead atoms. The molecule has 1 aromatic carbocycles. The molecule has 0 N–H and O–H groups in total. The average Bonchev–Trinajstić information content (AvgIpc) is 2.76. The molecule has 3 nitrogen and oxygen atoms in total. The van der Waals surface area contributed by atoms with Crippen LogP contribution in [0.4, 0.5) is 0 Å². The smallest absolute Gasteiger partial charge is 0.128 e. The van der Waals surface area contributed by atoms with Gasteiger partial charge in [0.05, 0.1) is 47.9 Å². The lowest BCUT2D eigenvalue weighted by atomic mass is 10.1. The predicted molar refractivity (Wildman–Crippen MR) is 137 cm³/mol. The Morgan fingerprint density at radius 2 is 0.970 bits per heavy atom. The van der Waals surface area contributed by atoms with Gasteiger partial charge >= 0.3 is 0 Å². The number of benzene rings is 1. The zero-order chi connectivity index (χ0) is 22.8. The Kier molecular flexibility index (Phi) is 21.9. The molecule has 0 aliphatic carbocycles. The van der Waals surface area contributed by atoms with Gasteiger partial charge in [-0.15, -0.1) is 0 Å². The van der Waals surface area contributed by atoms with E-state index in [1.54, 1.807) is 0 Å². The number of quaternary nitrogens is 2. The minimum absolute atomic E-state index is 0. The molecule has 0 aromatic heterocycles. The van der Waals surface area contributed by atoms with Crippen LogP contribution in [0, 0.1) is 0 Å². The fraction of sp³-hybridized carbons (Fsp3) is 0.786. The predicted octanol–water partition coefficient (Wildman–Crippen LogP) is 0.927. The molecule has 0 fully saturated rings. The molecule has 0 aliphatic heterocycles. The molecule has 1 rings (SSSR count). The molecular weight excluding hydrogens is 451 g/mol. The summed E-state index contributed by atoms with van der Waals surface area (Å²) in [4.78, 5) is 0. The summed E-state index contributed by atoms with van der Waals surface area (Å²) in [5, 5.41) is 0. The normalized spacial score (nSPS) is 11.5. The maximum Gasteiger partial charge on any atom is 0.128 e. The Labute approximate surface area is 219 Å². The van der Waals surface area contributed by atoms with Crippen molar-refractivity contribution in [1.29, 1.82) is 0 Å². The Balaban J connectivity index is 0. The van der Waals surface area contributed by atoms with Gasteiger partial charge in [0.2, 0.25) is 0 Å². The van der Waals surface area contributed by atoms with Crippen LogP contribution in [0.15, 0.2) is 30.3 Å². The number of likely N-dealkylation sites (N-methyl/N-ethyl adjacent to an activating group) is 2. The molecule has 0 amide bonds. The number of nitrogens with zero attached hydrogens (tertiary/aromatic N) is 2. The number of ether oxygens (including phenoxy) is 1. The van der Waals surface area contributed by atoms with Crippen LogP contribution in [0.1, 0.15) is 84.0 Å². The standard InChI is InChI=1S/C28H54N2O.2ClH/c1-6-29(2,3)25-26-30(4,5)24-20-15-13-11-9-7-8-10-12-14-16-21-27-31-28-22-18-17-19-23-28;;/h17-19,22-23H,6-16,20-21,24-27H2,1-5H3;2*1H/q+2;;/p-2. The molecule has 196 valence electrons. The first kappa shape index (κ1) is 34.7. The zero-order valence-electron chi connectivity index (χ0n) is 22.5. The second-order valence-corrected chi connectivity index (χ2v) is 10.8. The van der Waals surface area contributed by atoms with Gasteiger partial charge in [-0.2, -0.15) is 0 Å². The molecule has 0 saturated heterocycles. The first-order chi connectivity index (χ1) is 14.8. The molecule has 0 unspecified atom stereocenters. The van der Waals surface area contributed by atoms with Crippen molar-refractivity contribution >= 4 is 0 Å². The van der Waals surface area contributed by atoms with E-state index in [1.165, 1.54) is 108 Å². The van der Waals surface area contributed by atoms with Crippen molar-refractivity contribution in [2.75, 3.05) is 61.0 Å². The summed E-state index contributed by atoms with van der Waals surface area (Å²) in [6.45, 7) is 8.29. The lowest BCUT2D eigenvalue weighted by Crippen LogP contribution is -3.00. The van der Waals surface area contributed by atoms with Crippen molar-refractivity contribution in [1.82, 2.24) is 0 Å². The summed E-state index contributed by atoms with van der Waals surface area (Å²) in [5.41, 5.74) is 0. The Morgan fingerprint density at radius 1 is 0.545 bits per heavy atom. The number of halogens is 2. The summed E-state index contributed by atoms with van der Waals surface area (Å²) in [6, 6.07) is 10.2. The van der Waals surface area contributed by atoms with E-state index in [9.17, 15) is 0 Å². The zero-order valence-corrected chi connectivity index (χ0v) is 24.0. The van der Waals surface area contributed by atoms with Crippen molar-refractivity contribution in [3.63, 3.8) is 0 Å². The molecule has 5 heteroatoms. The Hall–Kier alpha value is -0.480. The molecule has 0 spiro atoms.